The van der Waals surface area contributed by atoms with Gasteiger partial charge in [0.1, 0.15) is 9.58 Å². The van der Waals surface area contributed by atoms with Crippen LogP contribution in [0.2, 0.25) is 0 Å². The van der Waals surface area contributed by atoms with Gasteiger partial charge in [-0.1, -0.05) is 26.7 Å². The fraction of sp³-hybridized carbons (Fsp3) is 0.400. The van der Waals surface area contributed by atoms with Crippen molar-refractivity contribution in [3.8, 4) is 10.6 Å². The Labute approximate surface area is 163 Å². The van der Waals surface area contributed by atoms with Gasteiger partial charge in [-0.3, -0.25) is 4.79 Å². The van der Waals surface area contributed by atoms with Crippen molar-refractivity contribution in [1.29, 1.82) is 0 Å². The summed E-state index contributed by atoms with van der Waals surface area (Å²) in [5, 5.41) is 0. The van der Waals surface area contributed by atoms with Crippen LogP contribution in [0.4, 0.5) is 5.69 Å². The zero-order chi connectivity index (χ0) is 16.9. The number of hydrogen-bond donors (Lipinski definition) is 0. The number of unbranched alkanes of at least 4 members (excludes halogenated alkanes) is 2. The molecule has 0 atom stereocenters. The van der Waals surface area contributed by atoms with Crippen molar-refractivity contribution in [2.24, 2.45) is 0 Å². The van der Waals surface area contributed by atoms with Crippen molar-refractivity contribution in [2.45, 2.75) is 39.5 Å². The molecule has 2 aliphatic rings. The number of halogens is 1. The van der Waals surface area contributed by atoms with Crippen LogP contribution in [-0.4, -0.2) is 13.1 Å². The van der Waals surface area contributed by atoms with E-state index in [1.165, 1.54) is 36.1 Å². The van der Waals surface area contributed by atoms with Crippen molar-refractivity contribution in [2.75, 3.05) is 18.0 Å². The zero-order valence-electron chi connectivity index (χ0n) is 14.8. The standard InChI is InChI=1S/C20H24N2OS.BrH/c1-3-5-11-22(12-6-4-2)15-7-9-17-19(13-15)24-20-14-16(23)8-10-18(20)21-17;/h7-10,13-14H,3-6,11-12H2,1-2H3;1H. The molecule has 5 heteroatoms. The molecule has 1 aliphatic carbocycles. The van der Waals surface area contributed by atoms with Crippen LogP contribution in [-0.2, 0) is 0 Å². The van der Waals surface area contributed by atoms with Gasteiger partial charge < -0.3 is 21.9 Å². The van der Waals surface area contributed by atoms with Gasteiger partial charge in [0.25, 0.3) is 0 Å². The van der Waals surface area contributed by atoms with Gasteiger partial charge in [0.2, 0.25) is 11.2 Å². The molecule has 1 aromatic carbocycles. The number of anilines is 1. The number of aromatic amines is 1. The highest BCUT2D eigenvalue weighted by Gasteiger charge is 2.15. The fourth-order valence-electron chi connectivity index (χ4n) is 2.92. The lowest BCUT2D eigenvalue weighted by atomic mass is 10.2. The molecule has 3 nitrogen and oxygen atoms in total. The van der Waals surface area contributed by atoms with Gasteiger partial charge in [-0.15, -0.1) is 11.3 Å². The molecule has 25 heavy (non-hydrogen) atoms. The minimum atomic E-state index is 0. The Hall–Kier alpha value is -1.46. The van der Waals surface area contributed by atoms with E-state index in [4.69, 9.17) is 0 Å². The SMILES string of the molecule is CCCCN(CCCC)c1ccc2[nH+]c3ccc(=O)cc-3sc2c1.[Br-]. The van der Waals surface area contributed by atoms with E-state index < -0.39 is 0 Å². The first-order valence-electron chi connectivity index (χ1n) is 8.86. The second kappa shape index (κ2) is 9.30. The molecular formula is C20H25BrN2OS. The summed E-state index contributed by atoms with van der Waals surface area (Å²) in [6.07, 6.45) is 4.86. The maximum atomic E-state index is 11.6. The molecule has 0 unspecified atom stereocenters. The van der Waals surface area contributed by atoms with Crippen LogP contribution < -0.4 is 32.3 Å². The highest BCUT2D eigenvalue weighted by molar-refractivity contribution is 7.21. The number of fused-ring (bicyclic) bond motifs is 2. The van der Waals surface area contributed by atoms with Crippen LogP contribution in [0.5, 0.6) is 0 Å². The molecule has 1 heterocycles. The molecule has 0 radical (unpaired) electrons. The maximum absolute atomic E-state index is 11.6. The summed E-state index contributed by atoms with van der Waals surface area (Å²) in [5.41, 5.74) is 3.50. The largest absolute Gasteiger partial charge is 1.00 e. The van der Waals surface area contributed by atoms with E-state index in [1.54, 1.807) is 23.5 Å². The molecule has 0 amide bonds. The fourth-order valence-corrected chi connectivity index (χ4v) is 3.97. The molecule has 1 N–H and O–H groups in total. The smallest absolute Gasteiger partial charge is 0.221 e. The van der Waals surface area contributed by atoms with Gasteiger partial charge in [0, 0.05) is 37.0 Å². The molecule has 1 aromatic rings. The third-order valence-corrected chi connectivity index (χ3v) is 5.45. The molecule has 0 aromatic heterocycles. The minimum absolute atomic E-state index is 0. The molecule has 1 aliphatic heterocycles. The maximum Gasteiger partial charge on any atom is 0.221 e. The van der Waals surface area contributed by atoms with Gasteiger partial charge in [-0.05, 0) is 31.0 Å². The first-order chi connectivity index (χ1) is 11.7. The first-order valence-corrected chi connectivity index (χ1v) is 9.68. The lowest BCUT2D eigenvalue weighted by molar-refractivity contribution is -0.330. The van der Waals surface area contributed by atoms with Crippen molar-refractivity contribution in [1.82, 2.24) is 0 Å². The highest BCUT2D eigenvalue weighted by Crippen LogP contribution is 2.29. The average molecular weight is 421 g/mol. The van der Waals surface area contributed by atoms with Crippen LogP contribution >= 0.6 is 11.3 Å². The van der Waals surface area contributed by atoms with Crippen molar-refractivity contribution < 1.29 is 22.0 Å². The second-order valence-electron chi connectivity index (χ2n) is 6.26. The number of aromatic nitrogens is 1. The van der Waals surface area contributed by atoms with E-state index in [2.05, 4.69) is 41.9 Å². The monoisotopic (exact) mass is 420 g/mol. The quantitative estimate of drug-likeness (QED) is 0.543. The summed E-state index contributed by atoms with van der Waals surface area (Å²) in [5.74, 6) is 0. The van der Waals surface area contributed by atoms with Crippen molar-refractivity contribution >= 4 is 27.2 Å². The number of nitrogens with one attached hydrogen (secondary N) is 1. The van der Waals surface area contributed by atoms with E-state index in [-0.39, 0.29) is 22.4 Å². The van der Waals surface area contributed by atoms with Gasteiger partial charge in [0.15, 0.2) is 5.43 Å². The Balaban J connectivity index is 0.00000225. The Bertz CT molecular complexity index is 841. The summed E-state index contributed by atoms with van der Waals surface area (Å²) >= 11 is 1.69. The van der Waals surface area contributed by atoms with Crippen LogP contribution in [0.25, 0.3) is 20.8 Å². The lowest BCUT2D eigenvalue weighted by Gasteiger charge is -2.24. The zero-order valence-corrected chi connectivity index (χ0v) is 17.3. The number of nitrogens with zero attached hydrogens (tertiary/aromatic N) is 1. The third-order valence-electron chi connectivity index (χ3n) is 4.34. The molecule has 0 saturated heterocycles. The van der Waals surface area contributed by atoms with E-state index in [1.807, 2.05) is 6.07 Å². The molecule has 0 fully saturated rings. The first kappa shape index (κ1) is 19.9. The second-order valence-corrected chi connectivity index (χ2v) is 7.34. The highest BCUT2D eigenvalue weighted by atomic mass is 79.9. The molecule has 0 spiro atoms. The van der Waals surface area contributed by atoms with Gasteiger partial charge in [-0.25, -0.2) is 4.98 Å². The predicted molar refractivity (Wildman–Crippen MR) is 103 cm³/mol. The van der Waals surface area contributed by atoms with E-state index in [0.717, 1.165) is 29.2 Å². The van der Waals surface area contributed by atoms with E-state index >= 15 is 0 Å². The number of benzene rings is 2. The Morgan fingerprint density at radius 2 is 1.72 bits per heavy atom. The summed E-state index contributed by atoms with van der Waals surface area (Å²) in [6, 6.07) is 11.8. The van der Waals surface area contributed by atoms with E-state index in [0.29, 0.717) is 0 Å². The average Bonchev–Trinajstić information content (AvgIpc) is 2.59. The van der Waals surface area contributed by atoms with Crippen LogP contribution in [0.3, 0.4) is 0 Å². The van der Waals surface area contributed by atoms with Gasteiger partial charge >= 0.3 is 0 Å². The molecule has 134 valence electrons. The van der Waals surface area contributed by atoms with Crippen molar-refractivity contribution in [3.63, 3.8) is 0 Å². The molecule has 3 rings (SSSR count). The summed E-state index contributed by atoms with van der Waals surface area (Å²) in [6.45, 7) is 6.69. The van der Waals surface area contributed by atoms with Crippen LogP contribution in [0.15, 0.2) is 41.2 Å². The normalized spacial score (nSPS) is 10.8. The Morgan fingerprint density at radius 3 is 2.40 bits per heavy atom. The Morgan fingerprint density at radius 1 is 1.00 bits per heavy atom. The van der Waals surface area contributed by atoms with E-state index in [9.17, 15) is 4.79 Å². The topological polar surface area (TPSA) is 34.5 Å². The number of hydrogen-bond acceptors (Lipinski definition) is 3. The Kier molecular flexibility index (Phi) is 7.38. The van der Waals surface area contributed by atoms with Crippen molar-refractivity contribution in [3.05, 3.63) is 46.6 Å². The summed E-state index contributed by atoms with van der Waals surface area (Å²) < 4.78 is 1.20. The van der Waals surface area contributed by atoms with Crippen LogP contribution in [0, 0.1) is 0 Å². The van der Waals surface area contributed by atoms with Gasteiger partial charge in [0.05, 0.1) is 0 Å². The van der Waals surface area contributed by atoms with Gasteiger partial charge in [-0.2, -0.15) is 0 Å². The lowest BCUT2D eigenvalue weighted by Crippen LogP contribution is -3.00. The molecule has 0 bridgehead atoms. The van der Waals surface area contributed by atoms with Crippen LogP contribution in [0.1, 0.15) is 39.5 Å². The number of H-pyrrole nitrogens is 1. The summed E-state index contributed by atoms with van der Waals surface area (Å²) in [7, 11) is 0. The predicted octanol–water partition coefficient (Wildman–Crippen LogP) is 1.59. The molecular weight excluding hydrogens is 396 g/mol. The molecule has 0 saturated carbocycles. The third kappa shape index (κ3) is 4.79. The number of rotatable bonds is 7. The minimum Gasteiger partial charge on any atom is -1.00 e. The summed E-state index contributed by atoms with van der Waals surface area (Å²) in [4.78, 5) is 18.6.